The first-order valence-corrected chi connectivity index (χ1v) is 6.87. The average Bonchev–Trinajstić information content (AvgIpc) is 2.93. The van der Waals surface area contributed by atoms with E-state index in [1.807, 2.05) is 6.07 Å². The van der Waals surface area contributed by atoms with Crippen molar-refractivity contribution in [3.05, 3.63) is 60.1 Å². The second kappa shape index (κ2) is 5.59. The summed E-state index contributed by atoms with van der Waals surface area (Å²) in [7, 11) is 0. The van der Waals surface area contributed by atoms with E-state index in [4.69, 9.17) is 4.42 Å². The normalized spacial score (nSPS) is 24.5. The molecule has 1 aliphatic rings. The van der Waals surface area contributed by atoms with Gasteiger partial charge in [0.05, 0.1) is 12.8 Å². The van der Waals surface area contributed by atoms with Gasteiger partial charge in [-0.1, -0.05) is 30.3 Å². The fourth-order valence-corrected chi connectivity index (χ4v) is 2.77. The van der Waals surface area contributed by atoms with Crippen molar-refractivity contribution in [2.75, 3.05) is 13.1 Å². The molecule has 19 heavy (non-hydrogen) atoms. The fraction of sp³-hybridized carbons (Fsp3) is 0.375. The lowest BCUT2D eigenvalue weighted by Gasteiger charge is -2.39. The van der Waals surface area contributed by atoms with Crippen LogP contribution in [-0.4, -0.2) is 24.0 Å². The monoisotopic (exact) mass is 256 g/mol. The van der Waals surface area contributed by atoms with Gasteiger partial charge in [-0.05, 0) is 24.6 Å². The van der Waals surface area contributed by atoms with Crippen LogP contribution in [0.15, 0.2) is 53.1 Å². The molecule has 0 bridgehead atoms. The first kappa shape index (κ1) is 12.5. The first-order valence-electron chi connectivity index (χ1n) is 6.87. The van der Waals surface area contributed by atoms with Crippen molar-refractivity contribution >= 4 is 0 Å². The van der Waals surface area contributed by atoms with Gasteiger partial charge in [0.25, 0.3) is 0 Å². The Kier molecular flexibility index (Phi) is 3.67. The molecule has 2 atom stereocenters. The summed E-state index contributed by atoms with van der Waals surface area (Å²) in [5, 5.41) is 3.57. The Morgan fingerprint density at radius 3 is 2.79 bits per heavy atom. The van der Waals surface area contributed by atoms with Crippen LogP contribution in [0.1, 0.15) is 24.3 Å². The minimum Gasteiger partial charge on any atom is -0.468 e. The number of hydrogen-bond donors (Lipinski definition) is 1. The maximum atomic E-state index is 5.49. The molecule has 3 heteroatoms. The van der Waals surface area contributed by atoms with Gasteiger partial charge in [0.1, 0.15) is 5.76 Å². The second-order valence-electron chi connectivity index (χ2n) is 5.24. The van der Waals surface area contributed by atoms with Gasteiger partial charge in [0, 0.05) is 25.2 Å². The van der Waals surface area contributed by atoms with E-state index in [9.17, 15) is 0 Å². The van der Waals surface area contributed by atoms with E-state index >= 15 is 0 Å². The number of benzene rings is 1. The van der Waals surface area contributed by atoms with E-state index in [0.717, 1.165) is 25.4 Å². The molecule has 2 unspecified atom stereocenters. The van der Waals surface area contributed by atoms with Crippen molar-refractivity contribution in [2.45, 2.75) is 25.6 Å². The molecule has 1 saturated heterocycles. The summed E-state index contributed by atoms with van der Waals surface area (Å²) in [6, 6.07) is 15.6. The van der Waals surface area contributed by atoms with Gasteiger partial charge < -0.3 is 9.73 Å². The van der Waals surface area contributed by atoms with Crippen LogP contribution in [0.4, 0.5) is 0 Å². The molecule has 1 aromatic carbocycles. The Morgan fingerprint density at radius 2 is 2.05 bits per heavy atom. The number of nitrogens with one attached hydrogen (secondary N) is 1. The van der Waals surface area contributed by atoms with Gasteiger partial charge in [-0.2, -0.15) is 0 Å². The summed E-state index contributed by atoms with van der Waals surface area (Å²) in [5.74, 6) is 1.04. The molecule has 100 valence electrons. The van der Waals surface area contributed by atoms with Gasteiger partial charge in [-0.3, -0.25) is 4.90 Å². The Morgan fingerprint density at radius 1 is 1.21 bits per heavy atom. The smallest absolute Gasteiger partial charge is 0.117 e. The van der Waals surface area contributed by atoms with Gasteiger partial charge in [0.2, 0.25) is 0 Å². The third-order valence-corrected chi connectivity index (χ3v) is 3.73. The van der Waals surface area contributed by atoms with Crippen molar-refractivity contribution in [1.82, 2.24) is 10.2 Å². The van der Waals surface area contributed by atoms with Gasteiger partial charge in [-0.15, -0.1) is 0 Å². The van der Waals surface area contributed by atoms with Crippen LogP contribution in [0.25, 0.3) is 0 Å². The fourth-order valence-electron chi connectivity index (χ4n) is 2.77. The van der Waals surface area contributed by atoms with Gasteiger partial charge in [0.15, 0.2) is 0 Å². The van der Waals surface area contributed by atoms with E-state index in [-0.39, 0.29) is 0 Å². The lowest BCUT2D eigenvalue weighted by molar-refractivity contribution is 0.118. The Balaban J connectivity index is 1.80. The zero-order valence-electron chi connectivity index (χ0n) is 11.3. The third-order valence-electron chi connectivity index (χ3n) is 3.73. The highest BCUT2D eigenvalue weighted by atomic mass is 16.3. The molecule has 1 aliphatic heterocycles. The number of hydrogen-bond acceptors (Lipinski definition) is 3. The molecular formula is C16H20N2O. The summed E-state index contributed by atoms with van der Waals surface area (Å²) in [5.41, 5.74) is 1.37. The highest BCUT2D eigenvalue weighted by molar-refractivity contribution is 5.20. The Bertz CT molecular complexity index is 495. The predicted octanol–water partition coefficient (Wildman–Crippen LogP) is 2.81. The topological polar surface area (TPSA) is 28.4 Å². The van der Waals surface area contributed by atoms with Crippen molar-refractivity contribution in [2.24, 2.45) is 0 Å². The highest BCUT2D eigenvalue weighted by Gasteiger charge is 2.27. The van der Waals surface area contributed by atoms with Crippen molar-refractivity contribution < 1.29 is 4.42 Å². The molecule has 1 aromatic heterocycles. The molecule has 3 rings (SSSR count). The zero-order chi connectivity index (χ0) is 13.1. The second-order valence-corrected chi connectivity index (χ2v) is 5.24. The number of furan rings is 1. The third kappa shape index (κ3) is 2.88. The minimum atomic E-state index is 0.419. The summed E-state index contributed by atoms with van der Waals surface area (Å²) in [4.78, 5) is 2.50. The molecule has 0 amide bonds. The van der Waals surface area contributed by atoms with Crippen LogP contribution in [0.5, 0.6) is 0 Å². The molecule has 0 aliphatic carbocycles. The lowest BCUT2D eigenvalue weighted by Crippen LogP contribution is -2.50. The van der Waals surface area contributed by atoms with Crippen LogP contribution in [0, 0.1) is 0 Å². The van der Waals surface area contributed by atoms with Crippen LogP contribution in [0.2, 0.25) is 0 Å². The minimum absolute atomic E-state index is 0.419. The summed E-state index contributed by atoms with van der Waals surface area (Å²) in [6.45, 7) is 5.14. The van der Waals surface area contributed by atoms with Crippen molar-refractivity contribution in [1.29, 1.82) is 0 Å². The van der Waals surface area contributed by atoms with Crippen molar-refractivity contribution in [3.63, 3.8) is 0 Å². The number of nitrogens with zero attached hydrogens (tertiary/aromatic N) is 1. The highest BCUT2D eigenvalue weighted by Crippen LogP contribution is 2.25. The molecular weight excluding hydrogens is 236 g/mol. The summed E-state index contributed by atoms with van der Waals surface area (Å²) in [6.07, 6.45) is 1.75. The standard InChI is InChI=1S/C16H20N2O/c1-13-11-18(12-15-8-5-9-19-15)16(10-17-13)14-6-3-2-4-7-14/h2-9,13,16-17H,10-12H2,1H3. The SMILES string of the molecule is CC1CN(Cc2ccco2)C(c2ccccc2)CN1. The van der Waals surface area contributed by atoms with E-state index < -0.39 is 0 Å². The van der Waals surface area contributed by atoms with Crippen molar-refractivity contribution in [3.8, 4) is 0 Å². The first-order chi connectivity index (χ1) is 9.33. The van der Waals surface area contributed by atoms with Crippen LogP contribution >= 0.6 is 0 Å². The molecule has 2 aromatic rings. The molecule has 1 N–H and O–H groups in total. The predicted molar refractivity (Wildman–Crippen MR) is 75.8 cm³/mol. The van der Waals surface area contributed by atoms with E-state index in [1.54, 1.807) is 6.26 Å². The Hall–Kier alpha value is -1.58. The van der Waals surface area contributed by atoms with Crippen LogP contribution in [0.3, 0.4) is 0 Å². The Labute approximate surface area is 114 Å². The molecule has 1 fully saturated rings. The lowest BCUT2D eigenvalue weighted by atomic mass is 10.0. The van der Waals surface area contributed by atoms with E-state index in [2.05, 4.69) is 53.5 Å². The molecule has 3 nitrogen and oxygen atoms in total. The largest absolute Gasteiger partial charge is 0.468 e. The molecule has 0 spiro atoms. The summed E-state index contributed by atoms with van der Waals surface area (Å²) < 4.78 is 5.49. The number of piperazine rings is 1. The van der Waals surface area contributed by atoms with E-state index in [1.165, 1.54) is 5.56 Å². The summed E-state index contributed by atoms with van der Waals surface area (Å²) >= 11 is 0. The average molecular weight is 256 g/mol. The molecule has 0 saturated carbocycles. The maximum absolute atomic E-state index is 5.49. The van der Waals surface area contributed by atoms with Crippen LogP contribution in [-0.2, 0) is 6.54 Å². The maximum Gasteiger partial charge on any atom is 0.117 e. The molecule has 0 radical (unpaired) electrons. The van der Waals surface area contributed by atoms with Gasteiger partial charge in [-0.25, -0.2) is 0 Å². The van der Waals surface area contributed by atoms with Crippen LogP contribution < -0.4 is 5.32 Å². The number of rotatable bonds is 3. The quantitative estimate of drug-likeness (QED) is 0.915. The molecule has 2 heterocycles. The van der Waals surface area contributed by atoms with Gasteiger partial charge >= 0.3 is 0 Å². The zero-order valence-corrected chi connectivity index (χ0v) is 11.3. The van der Waals surface area contributed by atoms with E-state index in [0.29, 0.717) is 12.1 Å².